The van der Waals surface area contributed by atoms with Crippen molar-refractivity contribution in [2.75, 3.05) is 0 Å². The summed E-state index contributed by atoms with van der Waals surface area (Å²) in [6.45, 7) is 0.152. The Morgan fingerprint density at radius 2 is 1.88 bits per heavy atom. The van der Waals surface area contributed by atoms with Crippen LogP contribution < -0.4 is 5.73 Å². The van der Waals surface area contributed by atoms with Crippen LogP contribution in [0.2, 0.25) is 0 Å². The van der Waals surface area contributed by atoms with E-state index in [0.717, 1.165) is 50.7 Å². The molecule has 1 amide bonds. The normalized spacial score (nSPS) is 24.0. The van der Waals surface area contributed by atoms with Crippen LogP contribution in [0.15, 0.2) is 18.2 Å². The highest BCUT2D eigenvalue weighted by Gasteiger charge is 2.35. The number of rotatable bonds is 4. The third-order valence-electron chi connectivity index (χ3n) is 5.22. The smallest absolute Gasteiger partial charge is 0.226 e. The van der Waals surface area contributed by atoms with E-state index < -0.39 is 11.6 Å². The topological polar surface area (TPSA) is 46.3 Å². The molecule has 2 aliphatic carbocycles. The lowest BCUT2D eigenvalue weighted by Gasteiger charge is -2.31. The molecule has 6 heteroatoms. The summed E-state index contributed by atoms with van der Waals surface area (Å²) in [5, 5.41) is 0. The molecular formula is C18H25ClF2N2O. The van der Waals surface area contributed by atoms with Gasteiger partial charge in [0.2, 0.25) is 5.91 Å². The first-order valence-corrected chi connectivity index (χ1v) is 8.54. The highest BCUT2D eigenvalue weighted by Crippen LogP contribution is 2.31. The Bertz CT molecular complexity index is 578. The van der Waals surface area contributed by atoms with E-state index in [1.54, 1.807) is 4.90 Å². The van der Waals surface area contributed by atoms with Gasteiger partial charge in [0.05, 0.1) is 0 Å². The maximum Gasteiger partial charge on any atom is 0.226 e. The Morgan fingerprint density at radius 1 is 1.17 bits per heavy atom. The van der Waals surface area contributed by atoms with Crippen molar-refractivity contribution >= 4 is 18.3 Å². The SMILES string of the molecule is Cl.NC1CCC(C(=O)N(Cc2cc(F)ccc2F)C2CCCC2)C1. The molecule has 2 aliphatic rings. The van der Waals surface area contributed by atoms with Crippen molar-refractivity contribution in [1.82, 2.24) is 4.90 Å². The molecule has 0 spiro atoms. The minimum atomic E-state index is -0.469. The van der Waals surface area contributed by atoms with Gasteiger partial charge in [-0.1, -0.05) is 12.8 Å². The summed E-state index contributed by atoms with van der Waals surface area (Å²) >= 11 is 0. The highest BCUT2D eigenvalue weighted by atomic mass is 35.5. The second-order valence-corrected chi connectivity index (χ2v) is 6.91. The Balaban J connectivity index is 0.00000208. The molecule has 0 heterocycles. The van der Waals surface area contributed by atoms with Crippen LogP contribution in [0.4, 0.5) is 8.78 Å². The molecule has 2 unspecified atom stereocenters. The van der Waals surface area contributed by atoms with Gasteiger partial charge in [0.25, 0.3) is 0 Å². The minimum absolute atomic E-state index is 0. The largest absolute Gasteiger partial charge is 0.335 e. The molecule has 0 bridgehead atoms. The van der Waals surface area contributed by atoms with Gasteiger partial charge in [0.1, 0.15) is 11.6 Å². The van der Waals surface area contributed by atoms with Crippen LogP contribution in [0, 0.1) is 17.6 Å². The number of halogens is 3. The third kappa shape index (κ3) is 4.25. The maximum absolute atomic E-state index is 14.0. The molecule has 0 aromatic heterocycles. The lowest BCUT2D eigenvalue weighted by atomic mass is 10.0. The van der Waals surface area contributed by atoms with Crippen molar-refractivity contribution in [3.05, 3.63) is 35.4 Å². The molecule has 2 saturated carbocycles. The summed E-state index contributed by atoms with van der Waals surface area (Å²) < 4.78 is 27.4. The van der Waals surface area contributed by atoms with Crippen LogP contribution >= 0.6 is 12.4 Å². The summed E-state index contributed by atoms with van der Waals surface area (Å²) in [6.07, 6.45) is 6.43. The van der Waals surface area contributed by atoms with Crippen molar-refractivity contribution in [1.29, 1.82) is 0 Å². The first kappa shape index (κ1) is 19.1. The second-order valence-electron chi connectivity index (χ2n) is 6.91. The second kappa shape index (κ2) is 8.26. The zero-order valence-electron chi connectivity index (χ0n) is 13.7. The number of hydrogen-bond acceptors (Lipinski definition) is 2. The first-order valence-electron chi connectivity index (χ1n) is 8.54. The molecule has 1 aromatic carbocycles. The quantitative estimate of drug-likeness (QED) is 0.890. The summed E-state index contributed by atoms with van der Waals surface area (Å²) in [6, 6.07) is 3.66. The average Bonchev–Trinajstić information content (AvgIpc) is 3.19. The third-order valence-corrected chi connectivity index (χ3v) is 5.22. The van der Waals surface area contributed by atoms with Crippen molar-refractivity contribution in [2.45, 2.75) is 63.6 Å². The van der Waals surface area contributed by atoms with Crippen LogP contribution in [-0.4, -0.2) is 22.9 Å². The Morgan fingerprint density at radius 3 is 2.50 bits per heavy atom. The van der Waals surface area contributed by atoms with Gasteiger partial charge in [0.15, 0.2) is 0 Å². The molecule has 134 valence electrons. The number of nitrogens with two attached hydrogens (primary N) is 1. The van der Waals surface area contributed by atoms with Crippen molar-refractivity contribution in [2.24, 2.45) is 11.7 Å². The zero-order chi connectivity index (χ0) is 16.4. The maximum atomic E-state index is 14.0. The van der Waals surface area contributed by atoms with Gasteiger partial charge >= 0.3 is 0 Å². The fraction of sp³-hybridized carbons (Fsp3) is 0.611. The molecule has 1 aromatic rings. The molecule has 2 N–H and O–H groups in total. The number of benzene rings is 1. The number of carbonyl (C=O) groups excluding carboxylic acids is 1. The van der Waals surface area contributed by atoms with E-state index in [4.69, 9.17) is 5.73 Å². The van der Waals surface area contributed by atoms with E-state index in [2.05, 4.69) is 0 Å². The molecule has 0 radical (unpaired) electrons. The molecule has 0 aliphatic heterocycles. The molecule has 3 nitrogen and oxygen atoms in total. The van der Waals surface area contributed by atoms with Crippen LogP contribution in [0.25, 0.3) is 0 Å². The van der Waals surface area contributed by atoms with Gasteiger partial charge in [-0.15, -0.1) is 12.4 Å². The van der Waals surface area contributed by atoms with Crippen LogP contribution in [0.1, 0.15) is 50.5 Å². The van der Waals surface area contributed by atoms with Gasteiger partial charge in [-0.25, -0.2) is 8.78 Å². The summed E-state index contributed by atoms with van der Waals surface area (Å²) in [7, 11) is 0. The number of hydrogen-bond donors (Lipinski definition) is 1. The van der Waals surface area contributed by atoms with Crippen LogP contribution in [0.5, 0.6) is 0 Å². The Kier molecular flexibility index (Phi) is 6.58. The number of nitrogens with zero attached hydrogens (tertiary/aromatic N) is 1. The number of carbonyl (C=O) groups is 1. The van der Waals surface area contributed by atoms with Crippen LogP contribution in [0.3, 0.4) is 0 Å². The Hall–Kier alpha value is -1.20. The highest BCUT2D eigenvalue weighted by molar-refractivity contribution is 5.85. The van der Waals surface area contributed by atoms with Gasteiger partial charge in [0, 0.05) is 30.1 Å². The van der Waals surface area contributed by atoms with E-state index >= 15 is 0 Å². The van der Waals surface area contributed by atoms with Crippen molar-refractivity contribution in [3.63, 3.8) is 0 Å². The minimum Gasteiger partial charge on any atom is -0.335 e. The van der Waals surface area contributed by atoms with Crippen LogP contribution in [-0.2, 0) is 11.3 Å². The van der Waals surface area contributed by atoms with Gasteiger partial charge < -0.3 is 10.6 Å². The van der Waals surface area contributed by atoms with E-state index in [1.165, 1.54) is 6.07 Å². The van der Waals surface area contributed by atoms with E-state index in [0.29, 0.717) is 6.42 Å². The molecular weight excluding hydrogens is 334 g/mol. The zero-order valence-corrected chi connectivity index (χ0v) is 14.5. The molecule has 2 fully saturated rings. The summed E-state index contributed by atoms with van der Waals surface area (Å²) in [5.74, 6) is -0.927. The van der Waals surface area contributed by atoms with E-state index in [1.807, 2.05) is 0 Å². The predicted molar refractivity (Wildman–Crippen MR) is 91.7 cm³/mol. The van der Waals surface area contributed by atoms with Gasteiger partial charge in [-0.05, 0) is 50.3 Å². The predicted octanol–water partition coefficient (Wildman–Crippen LogP) is 3.79. The Labute approximate surface area is 148 Å². The fourth-order valence-corrected chi connectivity index (χ4v) is 3.93. The lowest BCUT2D eigenvalue weighted by Crippen LogP contribution is -2.42. The first-order chi connectivity index (χ1) is 11.0. The molecule has 3 rings (SSSR count). The molecule has 2 atom stereocenters. The van der Waals surface area contributed by atoms with Gasteiger partial charge in [-0.3, -0.25) is 4.79 Å². The average molecular weight is 359 g/mol. The summed E-state index contributed by atoms with van der Waals surface area (Å²) in [4.78, 5) is 14.7. The number of amides is 1. The monoisotopic (exact) mass is 358 g/mol. The van der Waals surface area contributed by atoms with E-state index in [9.17, 15) is 13.6 Å². The molecule has 0 saturated heterocycles. The van der Waals surface area contributed by atoms with Gasteiger partial charge in [-0.2, -0.15) is 0 Å². The van der Waals surface area contributed by atoms with E-state index in [-0.39, 0.29) is 48.4 Å². The fourth-order valence-electron chi connectivity index (χ4n) is 3.93. The van der Waals surface area contributed by atoms with Crippen molar-refractivity contribution < 1.29 is 13.6 Å². The lowest BCUT2D eigenvalue weighted by molar-refractivity contribution is -0.138. The molecule has 24 heavy (non-hydrogen) atoms. The standard InChI is InChI=1S/C18H24F2N2O.ClH/c19-14-6-8-17(20)13(9-14)11-22(16-3-1-2-4-16)18(23)12-5-7-15(21)10-12;/h6,8-9,12,15-16H,1-5,7,10-11,21H2;1H. The van der Waals surface area contributed by atoms with Crippen molar-refractivity contribution in [3.8, 4) is 0 Å². The summed E-state index contributed by atoms with van der Waals surface area (Å²) in [5.41, 5.74) is 6.19.